The molecule has 0 heterocycles. The second-order valence-electron chi connectivity index (χ2n) is 11.7. The maximum Gasteiger partial charge on any atom is 0.139 e. The number of carbonyl (C=O) groups is 2. The van der Waals surface area contributed by atoms with Crippen LogP contribution in [0.25, 0.3) is 0 Å². The third-order valence-electron chi connectivity index (χ3n) is 9.65. The van der Waals surface area contributed by atoms with Gasteiger partial charge in [0.05, 0.1) is 0 Å². The summed E-state index contributed by atoms with van der Waals surface area (Å²) in [5.41, 5.74) is -0.0423. The van der Waals surface area contributed by atoms with Gasteiger partial charge in [0.15, 0.2) is 0 Å². The standard InChI is InChI=1S/C26H44O3/c1-17(2)7-6-8-18(3)20-10-11-21-19-9-12-23(27)26(5,16-14-24(28)29)22(19)13-15-25(20,21)4/h17-22H,6-16H2,1-5H3,(H,28,29)/p-1/t18-,19+,20-,21-,22-,25-,26-/m1/s1. The average Bonchev–Trinajstić information content (AvgIpc) is 3.00. The topological polar surface area (TPSA) is 57.2 Å². The van der Waals surface area contributed by atoms with E-state index in [0.29, 0.717) is 41.8 Å². The number of carboxylic acid groups (broad SMARTS) is 1. The van der Waals surface area contributed by atoms with Crippen molar-refractivity contribution in [3.05, 3.63) is 0 Å². The smallest absolute Gasteiger partial charge is 0.139 e. The molecule has 0 bridgehead atoms. The largest absolute Gasteiger partial charge is 0.550 e. The van der Waals surface area contributed by atoms with Crippen LogP contribution >= 0.6 is 0 Å². The molecule has 0 unspecified atom stereocenters. The van der Waals surface area contributed by atoms with Gasteiger partial charge < -0.3 is 9.90 Å². The molecule has 7 atom stereocenters. The highest BCUT2D eigenvalue weighted by Crippen LogP contribution is 2.65. The zero-order chi connectivity index (χ0) is 21.4. The van der Waals surface area contributed by atoms with Gasteiger partial charge in [-0.3, -0.25) is 4.79 Å². The average molecular weight is 404 g/mol. The first-order valence-electron chi connectivity index (χ1n) is 12.3. The predicted octanol–water partition coefficient (Wildman–Crippen LogP) is 5.41. The molecule has 0 aromatic heterocycles. The zero-order valence-corrected chi connectivity index (χ0v) is 19.5. The molecule has 0 aromatic rings. The molecule has 29 heavy (non-hydrogen) atoms. The Hall–Kier alpha value is -0.860. The summed E-state index contributed by atoms with van der Waals surface area (Å²) in [6.45, 7) is 11.7. The molecule has 0 aliphatic heterocycles. The van der Waals surface area contributed by atoms with Crippen LogP contribution in [0.1, 0.15) is 105 Å². The monoisotopic (exact) mass is 403 g/mol. The van der Waals surface area contributed by atoms with Crippen LogP contribution in [0.2, 0.25) is 0 Å². The zero-order valence-electron chi connectivity index (χ0n) is 19.5. The van der Waals surface area contributed by atoms with Crippen LogP contribution in [0.5, 0.6) is 0 Å². The van der Waals surface area contributed by atoms with Crippen LogP contribution in [0, 0.1) is 46.3 Å². The Kier molecular flexibility index (Phi) is 6.85. The van der Waals surface area contributed by atoms with Gasteiger partial charge in [-0.15, -0.1) is 0 Å². The SMILES string of the molecule is CC(C)CCC[C@@H](C)[C@H]1CC[C@@H]2[C@@H]3CCC(=O)[C@](C)(CCC(=O)[O-])[C@@H]3CC[C@@]21C. The maximum atomic E-state index is 12.9. The van der Waals surface area contributed by atoms with E-state index in [1.54, 1.807) is 0 Å². The molecule has 0 amide bonds. The molecule has 0 saturated heterocycles. The van der Waals surface area contributed by atoms with Gasteiger partial charge in [-0.1, -0.05) is 53.9 Å². The van der Waals surface area contributed by atoms with E-state index in [2.05, 4.69) is 34.6 Å². The van der Waals surface area contributed by atoms with Crippen molar-refractivity contribution >= 4 is 11.8 Å². The quantitative estimate of drug-likeness (QED) is 0.545. The van der Waals surface area contributed by atoms with Crippen molar-refractivity contribution < 1.29 is 14.7 Å². The molecule has 166 valence electrons. The third kappa shape index (κ3) is 4.30. The number of carbonyl (C=O) groups excluding carboxylic acids is 2. The molecule has 3 rings (SSSR count). The predicted molar refractivity (Wildman–Crippen MR) is 115 cm³/mol. The summed E-state index contributed by atoms with van der Waals surface area (Å²) in [5, 5.41) is 11.1. The fraction of sp³-hybridized carbons (Fsp3) is 0.923. The summed E-state index contributed by atoms with van der Waals surface area (Å²) in [4.78, 5) is 24.0. The Morgan fingerprint density at radius 3 is 2.45 bits per heavy atom. The van der Waals surface area contributed by atoms with Crippen molar-refractivity contribution in [2.24, 2.45) is 46.3 Å². The lowest BCUT2D eigenvalue weighted by molar-refractivity contribution is -0.306. The van der Waals surface area contributed by atoms with Gasteiger partial charge in [-0.2, -0.15) is 0 Å². The maximum absolute atomic E-state index is 12.9. The van der Waals surface area contributed by atoms with Crippen LogP contribution < -0.4 is 5.11 Å². The molecule has 0 spiro atoms. The van der Waals surface area contributed by atoms with Crippen molar-refractivity contribution in [1.29, 1.82) is 0 Å². The van der Waals surface area contributed by atoms with E-state index in [1.807, 2.05) is 0 Å². The van der Waals surface area contributed by atoms with Gasteiger partial charge in [-0.25, -0.2) is 0 Å². The number of hydrogen-bond donors (Lipinski definition) is 0. The summed E-state index contributed by atoms with van der Waals surface area (Å²) >= 11 is 0. The van der Waals surface area contributed by atoms with Crippen molar-refractivity contribution in [2.45, 2.75) is 105 Å². The van der Waals surface area contributed by atoms with Crippen molar-refractivity contribution in [3.63, 3.8) is 0 Å². The van der Waals surface area contributed by atoms with Gasteiger partial charge in [0.2, 0.25) is 0 Å². The lowest BCUT2D eigenvalue weighted by atomic mass is 9.48. The van der Waals surface area contributed by atoms with E-state index < -0.39 is 11.4 Å². The van der Waals surface area contributed by atoms with Gasteiger partial charge in [0.25, 0.3) is 0 Å². The third-order valence-corrected chi connectivity index (χ3v) is 9.65. The number of carboxylic acids is 1. The minimum absolute atomic E-state index is 0.0168. The first-order chi connectivity index (χ1) is 13.6. The van der Waals surface area contributed by atoms with Gasteiger partial charge >= 0.3 is 0 Å². The Morgan fingerprint density at radius 2 is 1.79 bits per heavy atom. The molecule has 3 nitrogen and oxygen atoms in total. The van der Waals surface area contributed by atoms with Crippen LogP contribution in [0.4, 0.5) is 0 Å². The van der Waals surface area contributed by atoms with E-state index in [-0.39, 0.29) is 6.42 Å². The molecule has 3 aliphatic rings. The van der Waals surface area contributed by atoms with Crippen LogP contribution in [-0.2, 0) is 9.59 Å². The highest BCUT2D eigenvalue weighted by molar-refractivity contribution is 5.86. The normalized spacial score (nSPS) is 40.6. The van der Waals surface area contributed by atoms with E-state index >= 15 is 0 Å². The molecule has 3 aliphatic carbocycles. The molecular formula is C26H43O3-. The fourth-order valence-corrected chi connectivity index (χ4v) is 7.98. The van der Waals surface area contributed by atoms with Crippen LogP contribution in [0.15, 0.2) is 0 Å². The number of Topliss-reactive ketones (excluding diaryl/α,β-unsaturated/α-hetero) is 1. The summed E-state index contributed by atoms with van der Waals surface area (Å²) in [7, 11) is 0. The lowest BCUT2D eigenvalue weighted by Gasteiger charge is -2.56. The highest BCUT2D eigenvalue weighted by atomic mass is 16.4. The van der Waals surface area contributed by atoms with Crippen molar-refractivity contribution in [3.8, 4) is 0 Å². The molecule has 0 N–H and O–H groups in total. The molecule has 3 fully saturated rings. The van der Waals surface area contributed by atoms with E-state index in [9.17, 15) is 14.7 Å². The minimum atomic E-state index is -1.02. The number of hydrogen-bond acceptors (Lipinski definition) is 3. The Balaban J connectivity index is 1.73. The molecule has 0 radical (unpaired) electrons. The van der Waals surface area contributed by atoms with Crippen molar-refractivity contribution in [2.75, 3.05) is 0 Å². The second-order valence-corrected chi connectivity index (χ2v) is 11.7. The first kappa shape index (κ1) is 22.8. The van der Waals surface area contributed by atoms with Gasteiger partial charge in [0, 0.05) is 17.8 Å². The summed E-state index contributed by atoms with van der Waals surface area (Å²) in [6.07, 6.45) is 11.1. The number of ketones is 1. The number of fused-ring (bicyclic) bond motifs is 3. The molecular weight excluding hydrogens is 360 g/mol. The minimum Gasteiger partial charge on any atom is -0.550 e. The lowest BCUT2D eigenvalue weighted by Crippen LogP contribution is -2.52. The number of aliphatic carboxylic acids is 1. The molecule has 3 heteroatoms. The van der Waals surface area contributed by atoms with E-state index in [4.69, 9.17) is 0 Å². The summed E-state index contributed by atoms with van der Waals surface area (Å²) in [6, 6.07) is 0. The number of rotatable bonds is 8. The Bertz CT molecular complexity index is 611. The van der Waals surface area contributed by atoms with E-state index in [1.165, 1.54) is 38.5 Å². The first-order valence-corrected chi connectivity index (χ1v) is 12.3. The highest BCUT2D eigenvalue weighted by Gasteiger charge is 2.59. The fourth-order valence-electron chi connectivity index (χ4n) is 7.98. The Morgan fingerprint density at radius 1 is 1.07 bits per heavy atom. The molecule has 0 aromatic carbocycles. The van der Waals surface area contributed by atoms with Crippen molar-refractivity contribution in [1.82, 2.24) is 0 Å². The summed E-state index contributed by atoms with van der Waals surface area (Å²) < 4.78 is 0. The Labute approximate surface area is 178 Å². The van der Waals surface area contributed by atoms with Crippen LogP contribution in [-0.4, -0.2) is 11.8 Å². The van der Waals surface area contributed by atoms with Gasteiger partial charge in [-0.05, 0) is 85.9 Å². The molecule has 3 saturated carbocycles. The van der Waals surface area contributed by atoms with E-state index in [0.717, 1.165) is 30.6 Å². The second kappa shape index (κ2) is 8.71. The summed E-state index contributed by atoms with van der Waals surface area (Å²) in [5.74, 6) is 3.38. The van der Waals surface area contributed by atoms with Crippen LogP contribution in [0.3, 0.4) is 0 Å². The van der Waals surface area contributed by atoms with Gasteiger partial charge in [0.1, 0.15) is 5.78 Å².